The van der Waals surface area contributed by atoms with Crippen LogP contribution in [0.5, 0.6) is 0 Å². The lowest BCUT2D eigenvalue weighted by molar-refractivity contribution is -0.115. The summed E-state index contributed by atoms with van der Waals surface area (Å²) in [6.45, 7) is 4.27. The van der Waals surface area contributed by atoms with E-state index in [1.54, 1.807) is 36.0 Å². The minimum atomic E-state index is -0.253. The Morgan fingerprint density at radius 1 is 1.03 bits per heavy atom. The Kier molecular flexibility index (Phi) is 6.35. The van der Waals surface area contributed by atoms with Crippen molar-refractivity contribution in [2.75, 3.05) is 16.0 Å². The van der Waals surface area contributed by atoms with E-state index in [1.165, 1.54) is 0 Å². The van der Waals surface area contributed by atoms with Gasteiger partial charge in [-0.25, -0.2) is 0 Å². The van der Waals surface area contributed by atoms with E-state index in [0.29, 0.717) is 27.9 Å². The molecule has 0 radical (unpaired) electrons. The van der Waals surface area contributed by atoms with Crippen LogP contribution in [0.3, 0.4) is 0 Å². The van der Waals surface area contributed by atoms with Gasteiger partial charge in [-0.2, -0.15) is 0 Å². The van der Waals surface area contributed by atoms with Crippen LogP contribution in [-0.4, -0.2) is 17.6 Å². The van der Waals surface area contributed by atoms with E-state index in [0.717, 1.165) is 16.8 Å². The number of benzene rings is 3. The van der Waals surface area contributed by atoms with Crippen molar-refractivity contribution in [3.8, 4) is 0 Å². The fourth-order valence-corrected chi connectivity index (χ4v) is 5.09. The van der Waals surface area contributed by atoms with Crippen LogP contribution in [0.25, 0.3) is 0 Å². The third-order valence-corrected chi connectivity index (χ3v) is 6.80. The minimum absolute atomic E-state index is 0.0966. The first-order chi connectivity index (χ1) is 15.0. The first-order valence-corrected chi connectivity index (χ1v) is 11.6. The average molecular weight is 451 g/mol. The molecule has 0 saturated carbocycles. The van der Waals surface area contributed by atoms with E-state index in [9.17, 15) is 9.59 Å². The van der Waals surface area contributed by atoms with Gasteiger partial charge in [0.15, 0.2) is 0 Å². The van der Waals surface area contributed by atoms with Crippen LogP contribution >= 0.6 is 23.4 Å². The Morgan fingerprint density at radius 3 is 2.42 bits per heavy atom. The molecular formula is C25H23ClN2O2S. The number of hydrogen-bond donors (Lipinski definition) is 1. The van der Waals surface area contributed by atoms with Crippen molar-refractivity contribution in [1.29, 1.82) is 0 Å². The van der Waals surface area contributed by atoms with Crippen molar-refractivity contribution in [2.24, 2.45) is 0 Å². The molecule has 3 aromatic rings. The number of hydrogen-bond acceptors (Lipinski definition) is 3. The first kappa shape index (κ1) is 21.5. The summed E-state index contributed by atoms with van der Waals surface area (Å²) < 4.78 is 0. The summed E-state index contributed by atoms with van der Waals surface area (Å²) in [6, 6.07) is 22.7. The number of carbonyl (C=O) groups is 2. The molecule has 1 heterocycles. The molecule has 3 aromatic carbocycles. The zero-order chi connectivity index (χ0) is 22.0. The summed E-state index contributed by atoms with van der Waals surface area (Å²) in [7, 11) is 0. The second-order valence-corrected chi connectivity index (χ2v) is 9.17. The van der Waals surface area contributed by atoms with Crippen LogP contribution in [0.4, 0.5) is 11.4 Å². The maximum atomic E-state index is 12.8. The number of nitrogens with zero attached hydrogens (tertiary/aromatic N) is 1. The molecule has 0 spiro atoms. The Bertz CT molecular complexity index is 1110. The Hall–Kier alpha value is -2.76. The van der Waals surface area contributed by atoms with Crippen LogP contribution in [0, 0.1) is 0 Å². The highest BCUT2D eigenvalue weighted by Gasteiger charge is 2.35. The van der Waals surface area contributed by atoms with Gasteiger partial charge in [0.2, 0.25) is 5.91 Å². The Morgan fingerprint density at radius 2 is 1.71 bits per heavy atom. The Balaban J connectivity index is 1.57. The zero-order valence-corrected chi connectivity index (χ0v) is 18.9. The summed E-state index contributed by atoms with van der Waals surface area (Å²) in [6.07, 6.45) is 0. The van der Waals surface area contributed by atoms with E-state index in [4.69, 9.17) is 11.6 Å². The van der Waals surface area contributed by atoms with Crippen molar-refractivity contribution in [2.45, 2.75) is 25.1 Å². The number of nitrogens with one attached hydrogen (secondary N) is 1. The predicted molar refractivity (Wildman–Crippen MR) is 129 cm³/mol. The number of anilines is 2. The first-order valence-electron chi connectivity index (χ1n) is 10.1. The molecule has 0 aromatic heterocycles. The van der Waals surface area contributed by atoms with Gasteiger partial charge in [-0.15, -0.1) is 11.8 Å². The van der Waals surface area contributed by atoms with Crippen LogP contribution in [-0.2, 0) is 4.79 Å². The van der Waals surface area contributed by atoms with Gasteiger partial charge in [-0.05, 0) is 47.4 Å². The largest absolute Gasteiger partial charge is 0.322 e. The van der Waals surface area contributed by atoms with Gasteiger partial charge in [0.1, 0.15) is 5.37 Å². The van der Waals surface area contributed by atoms with Crippen molar-refractivity contribution in [3.05, 3.63) is 94.5 Å². The minimum Gasteiger partial charge on any atom is -0.322 e. The third kappa shape index (κ3) is 4.48. The van der Waals surface area contributed by atoms with Crippen LogP contribution < -0.4 is 10.2 Å². The highest BCUT2D eigenvalue weighted by molar-refractivity contribution is 8.00. The topological polar surface area (TPSA) is 49.4 Å². The molecule has 1 N–H and O–H groups in total. The van der Waals surface area contributed by atoms with Gasteiger partial charge in [0.25, 0.3) is 5.91 Å². The molecule has 1 aliphatic rings. The third-order valence-electron chi connectivity index (χ3n) is 5.26. The molecule has 158 valence electrons. The molecule has 31 heavy (non-hydrogen) atoms. The average Bonchev–Trinajstić information content (AvgIpc) is 3.15. The van der Waals surface area contributed by atoms with Crippen molar-refractivity contribution in [1.82, 2.24) is 0 Å². The lowest BCUT2D eigenvalue weighted by Crippen LogP contribution is -2.29. The van der Waals surface area contributed by atoms with Gasteiger partial charge >= 0.3 is 0 Å². The highest BCUT2D eigenvalue weighted by Crippen LogP contribution is 2.44. The van der Waals surface area contributed by atoms with Crippen LogP contribution in [0.15, 0.2) is 72.8 Å². The number of amides is 2. The number of thioether (sulfide) groups is 1. The fraction of sp³-hybridized carbons (Fsp3) is 0.200. The van der Waals surface area contributed by atoms with Gasteiger partial charge in [0.05, 0.1) is 16.3 Å². The molecule has 1 atom stereocenters. The second kappa shape index (κ2) is 9.16. The van der Waals surface area contributed by atoms with Crippen molar-refractivity contribution >= 4 is 46.6 Å². The number of carbonyl (C=O) groups excluding carboxylic acids is 2. The molecule has 2 amide bonds. The van der Waals surface area contributed by atoms with E-state index in [-0.39, 0.29) is 17.2 Å². The lowest BCUT2D eigenvalue weighted by Gasteiger charge is -2.27. The van der Waals surface area contributed by atoms with Gasteiger partial charge in [-0.1, -0.05) is 67.9 Å². The van der Waals surface area contributed by atoms with E-state index in [1.807, 2.05) is 47.4 Å². The van der Waals surface area contributed by atoms with Crippen molar-refractivity contribution < 1.29 is 9.59 Å². The molecule has 1 saturated heterocycles. The van der Waals surface area contributed by atoms with Crippen LogP contribution in [0.2, 0.25) is 5.02 Å². The van der Waals surface area contributed by atoms with E-state index < -0.39 is 0 Å². The summed E-state index contributed by atoms with van der Waals surface area (Å²) in [5.41, 5.74) is 4.25. The smallest absolute Gasteiger partial charge is 0.257 e. The predicted octanol–water partition coefficient (Wildman–Crippen LogP) is 6.49. The summed E-state index contributed by atoms with van der Waals surface area (Å²) in [4.78, 5) is 27.2. The molecule has 4 nitrogen and oxygen atoms in total. The molecule has 0 aliphatic carbocycles. The maximum Gasteiger partial charge on any atom is 0.257 e. The number of para-hydroxylation sites is 1. The lowest BCUT2D eigenvalue weighted by atomic mass is 10.00. The molecular weight excluding hydrogens is 428 g/mol. The molecule has 1 fully saturated rings. The maximum absolute atomic E-state index is 12.8. The standard InChI is InChI=1S/C25H23ClN2O2S/c1-16(2)19-7-4-6-10-22(19)28-23(29)15-31-25(28)17-11-13-18(14-12-17)27-24(30)20-8-3-5-9-21(20)26/h3-14,16,25H,15H2,1-2H3,(H,27,30)/t25-/m1/s1. The quantitative estimate of drug-likeness (QED) is 0.483. The van der Waals surface area contributed by atoms with Crippen molar-refractivity contribution in [3.63, 3.8) is 0 Å². The van der Waals surface area contributed by atoms with Gasteiger partial charge in [0, 0.05) is 11.4 Å². The number of rotatable bonds is 5. The summed E-state index contributed by atoms with van der Waals surface area (Å²) in [5.74, 6) is 0.621. The number of halogens is 1. The summed E-state index contributed by atoms with van der Waals surface area (Å²) in [5, 5.41) is 3.20. The SMILES string of the molecule is CC(C)c1ccccc1N1C(=O)CS[C@@H]1c1ccc(NC(=O)c2ccccc2Cl)cc1. The van der Waals surface area contributed by atoms with Crippen LogP contribution in [0.1, 0.15) is 46.6 Å². The van der Waals surface area contributed by atoms with E-state index >= 15 is 0 Å². The fourth-order valence-electron chi connectivity index (χ4n) is 3.70. The second-order valence-electron chi connectivity index (χ2n) is 7.70. The summed E-state index contributed by atoms with van der Waals surface area (Å²) >= 11 is 7.74. The monoisotopic (exact) mass is 450 g/mol. The molecule has 0 bridgehead atoms. The van der Waals surface area contributed by atoms with E-state index in [2.05, 4.69) is 25.2 Å². The molecule has 6 heteroatoms. The van der Waals surface area contributed by atoms with Gasteiger partial charge in [-0.3, -0.25) is 14.5 Å². The zero-order valence-electron chi connectivity index (χ0n) is 17.3. The molecule has 0 unspecified atom stereocenters. The molecule has 1 aliphatic heterocycles. The van der Waals surface area contributed by atoms with Gasteiger partial charge < -0.3 is 5.32 Å². The normalized spacial score (nSPS) is 16.1. The molecule has 4 rings (SSSR count). The highest BCUT2D eigenvalue weighted by atomic mass is 35.5. The Labute approximate surface area is 191 Å².